The van der Waals surface area contributed by atoms with Crippen molar-refractivity contribution < 1.29 is 18.0 Å². The Morgan fingerprint density at radius 3 is 2.57 bits per heavy atom. The number of nitrogens with one attached hydrogen (secondary N) is 1. The lowest BCUT2D eigenvalue weighted by atomic mass is 10.00. The van der Waals surface area contributed by atoms with Gasteiger partial charge in [0.25, 0.3) is 5.91 Å². The number of rotatable bonds is 4. The number of amides is 1. The largest absolute Gasteiger partial charge is 0.416 e. The number of benzene rings is 2. The lowest BCUT2D eigenvalue weighted by Gasteiger charge is -2.29. The first-order chi connectivity index (χ1) is 14.4. The molecule has 1 amide bonds. The number of hydrogen-bond acceptors (Lipinski definition) is 3. The zero-order valence-electron chi connectivity index (χ0n) is 16.1. The molecule has 0 atom stereocenters. The first kappa shape index (κ1) is 19.9. The summed E-state index contributed by atoms with van der Waals surface area (Å²) in [5.41, 5.74) is 2.44. The van der Waals surface area contributed by atoms with E-state index in [1.165, 1.54) is 17.2 Å². The van der Waals surface area contributed by atoms with Crippen molar-refractivity contribution in [3.05, 3.63) is 94.7 Å². The fourth-order valence-corrected chi connectivity index (χ4v) is 3.55. The maximum absolute atomic E-state index is 12.8. The number of aromatic nitrogens is 1. The van der Waals surface area contributed by atoms with Crippen molar-refractivity contribution in [3.8, 4) is 0 Å². The van der Waals surface area contributed by atoms with Crippen molar-refractivity contribution in [3.63, 3.8) is 0 Å². The van der Waals surface area contributed by atoms with Gasteiger partial charge in [-0.2, -0.15) is 13.2 Å². The monoisotopic (exact) mass is 411 g/mol. The molecule has 0 fully saturated rings. The van der Waals surface area contributed by atoms with Crippen LogP contribution in [0.4, 0.5) is 19.0 Å². The number of pyridine rings is 1. The number of carbonyl (C=O) groups excluding carboxylic acids is 1. The Bertz CT molecular complexity index is 1070. The molecule has 0 saturated carbocycles. The molecule has 3 aromatic rings. The molecule has 30 heavy (non-hydrogen) atoms. The Balaban J connectivity index is 1.44. The van der Waals surface area contributed by atoms with Gasteiger partial charge in [0.1, 0.15) is 11.5 Å². The van der Waals surface area contributed by atoms with Gasteiger partial charge in [-0.15, -0.1) is 0 Å². The second kappa shape index (κ2) is 8.18. The van der Waals surface area contributed by atoms with Gasteiger partial charge in [0.15, 0.2) is 0 Å². The van der Waals surface area contributed by atoms with Gasteiger partial charge in [0.2, 0.25) is 0 Å². The topological polar surface area (TPSA) is 45.2 Å². The summed E-state index contributed by atoms with van der Waals surface area (Å²) in [6, 6.07) is 18.4. The predicted octanol–water partition coefficient (Wildman–Crippen LogP) is 4.59. The van der Waals surface area contributed by atoms with E-state index in [2.05, 4.69) is 27.3 Å². The lowest BCUT2D eigenvalue weighted by molar-refractivity contribution is -0.137. The van der Waals surface area contributed by atoms with Gasteiger partial charge in [-0.3, -0.25) is 4.79 Å². The highest BCUT2D eigenvalue weighted by Gasteiger charge is 2.30. The molecule has 0 spiro atoms. The SMILES string of the molecule is O=C(NCc1cccc(C(F)(F)F)c1)c1cccc(N2CCc3ccccc3C2)n1. The summed E-state index contributed by atoms with van der Waals surface area (Å²) >= 11 is 0. The number of fused-ring (bicyclic) bond motifs is 1. The summed E-state index contributed by atoms with van der Waals surface area (Å²) in [6.45, 7) is 1.52. The van der Waals surface area contributed by atoms with Crippen LogP contribution in [0, 0.1) is 0 Å². The molecular weight excluding hydrogens is 391 g/mol. The van der Waals surface area contributed by atoms with Crippen LogP contribution in [0.15, 0.2) is 66.7 Å². The summed E-state index contributed by atoms with van der Waals surface area (Å²) in [6.07, 6.45) is -3.51. The van der Waals surface area contributed by atoms with Gasteiger partial charge in [-0.1, -0.05) is 42.5 Å². The number of halogens is 3. The van der Waals surface area contributed by atoms with E-state index in [-0.39, 0.29) is 12.2 Å². The molecule has 4 rings (SSSR count). The van der Waals surface area contributed by atoms with Crippen LogP contribution < -0.4 is 10.2 Å². The first-order valence-corrected chi connectivity index (χ1v) is 9.63. The Kier molecular flexibility index (Phi) is 5.44. The standard InChI is InChI=1S/C23H20F3N3O/c24-23(25,26)19-8-3-5-16(13-19)14-27-22(30)20-9-4-10-21(28-20)29-12-11-17-6-1-2-7-18(17)15-29/h1-10,13H,11-12,14-15H2,(H,27,30). The third-order valence-corrected chi connectivity index (χ3v) is 5.13. The lowest BCUT2D eigenvalue weighted by Crippen LogP contribution is -2.31. The highest BCUT2D eigenvalue weighted by molar-refractivity contribution is 5.92. The Morgan fingerprint density at radius 1 is 1.00 bits per heavy atom. The van der Waals surface area contributed by atoms with Gasteiger partial charge >= 0.3 is 6.18 Å². The van der Waals surface area contributed by atoms with Crippen LogP contribution in [0.5, 0.6) is 0 Å². The number of hydrogen-bond donors (Lipinski definition) is 1. The number of nitrogens with zero attached hydrogens (tertiary/aromatic N) is 2. The van der Waals surface area contributed by atoms with E-state index in [9.17, 15) is 18.0 Å². The van der Waals surface area contributed by atoms with Crippen LogP contribution in [-0.2, 0) is 25.7 Å². The summed E-state index contributed by atoms with van der Waals surface area (Å²) in [5, 5.41) is 2.65. The summed E-state index contributed by atoms with van der Waals surface area (Å²) in [4.78, 5) is 19.1. The van der Waals surface area contributed by atoms with E-state index >= 15 is 0 Å². The Labute approximate surface area is 172 Å². The zero-order valence-corrected chi connectivity index (χ0v) is 16.1. The predicted molar refractivity (Wildman–Crippen MR) is 108 cm³/mol. The third kappa shape index (κ3) is 4.45. The number of alkyl halides is 3. The molecular formula is C23H20F3N3O. The maximum atomic E-state index is 12.8. The summed E-state index contributed by atoms with van der Waals surface area (Å²) < 4.78 is 38.5. The molecule has 4 nitrogen and oxygen atoms in total. The second-order valence-corrected chi connectivity index (χ2v) is 7.20. The van der Waals surface area contributed by atoms with Crippen LogP contribution in [0.1, 0.15) is 32.7 Å². The van der Waals surface area contributed by atoms with Gasteiger partial charge in [-0.05, 0) is 47.4 Å². The van der Waals surface area contributed by atoms with Gasteiger partial charge in [0.05, 0.1) is 5.56 Å². The minimum Gasteiger partial charge on any atom is -0.352 e. The quantitative estimate of drug-likeness (QED) is 0.683. The molecule has 0 unspecified atom stereocenters. The fourth-order valence-electron chi connectivity index (χ4n) is 3.55. The van der Waals surface area contributed by atoms with Crippen LogP contribution in [0.2, 0.25) is 0 Å². The summed E-state index contributed by atoms with van der Waals surface area (Å²) in [7, 11) is 0. The highest BCUT2D eigenvalue weighted by Crippen LogP contribution is 2.29. The molecule has 1 aliphatic rings. The number of anilines is 1. The molecule has 1 aromatic heterocycles. The molecule has 2 aromatic carbocycles. The van der Waals surface area contributed by atoms with Crippen molar-refractivity contribution in [2.75, 3.05) is 11.4 Å². The van der Waals surface area contributed by atoms with Crippen molar-refractivity contribution in [2.24, 2.45) is 0 Å². The normalized spacial score (nSPS) is 13.6. The van der Waals surface area contributed by atoms with E-state index in [0.717, 1.165) is 31.6 Å². The van der Waals surface area contributed by atoms with Gasteiger partial charge in [-0.25, -0.2) is 4.98 Å². The van der Waals surface area contributed by atoms with Crippen molar-refractivity contribution in [1.82, 2.24) is 10.3 Å². The minimum absolute atomic E-state index is 0.00818. The average molecular weight is 411 g/mol. The van der Waals surface area contributed by atoms with E-state index < -0.39 is 17.6 Å². The fraction of sp³-hybridized carbons (Fsp3) is 0.217. The zero-order chi connectivity index (χ0) is 21.1. The molecule has 154 valence electrons. The van der Waals surface area contributed by atoms with Crippen molar-refractivity contribution in [1.29, 1.82) is 0 Å². The third-order valence-electron chi connectivity index (χ3n) is 5.13. The summed E-state index contributed by atoms with van der Waals surface area (Å²) in [5.74, 6) is 0.280. The van der Waals surface area contributed by atoms with E-state index in [1.54, 1.807) is 18.2 Å². The van der Waals surface area contributed by atoms with Crippen molar-refractivity contribution in [2.45, 2.75) is 25.7 Å². The first-order valence-electron chi connectivity index (χ1n) is 9.63. The number of carbonyl (C=O) groups is 1. The maximum Gasteiger partial charge on any atom is 0.416 e. The smallest absolute Gasteiger partial charge is 0.352 e. The van der Waals surface area contributed by atoms with E-state index in [1.807, 2.05) is 18.2 Å². The van der Waals surface area contributed by atoms with Crippen LogP contribution >= 0.6 is 0 Å². The van der Waals surface area contributed by atoms with Gasteiger partial charge < -0.3 is 10.2 Å². The van der Waals surface area contributed by atoms with E-state index in [4.69, 9.17) is 0 Å². The van der Waals surface area contributed by atoms with E-state index in [0.29, 0.717) is 11.4 Å². The molecule has 0 bridgehead atoms. The van der Waals surface area contributed by atoms with Crippen molar-refractivity contribution >= 4 is 11.7 Å². The van der Waals surface area contributed by atoms with Crippen LogP contribution in [0.25, 0.3) is 0 Å². The molecule has 2 heterocycles. The molecule has 0 saturated heterocycles. The molecule has 1 aliphatic heterocycles. The van der Waals surface area contributed by atoms with Crippen LogP contribution in [0.3, 0.4) is 0 Å². The molecule has 1 N–H and O–H groups in total. The Morgan fingerprint density at radius 2 is 1.77 bits per heavy atom. The highest BCUT2D eigenvalue weighted by atomic mass is 19.4. The molecule has 7 heteroatoms. The van der Waals surface area contributed by atoms with Crippen LogP contribution in [-0.4, -0.2) is 17.4 Å². The average Bonchev–Trinajstić information content (AvgIpc) is 2.77. The van der Waals surface area contributed by atoms with Gasteiger partial charge in [0, 0.05) is 19.6 Å². The molecule has 0 radical (unpaired) electrons. The molecule has 0 aliphatic carbocycles. The minimum atomic E-state index is -4.41. The Hall–Kier alpha value is -3.35. The second-order valence-electron chi connectivity index (χ2n) is 7.20.